The van der Waals surface area contributed by atoms with E-state index in [0.717, 1.165) is 25.9 Å². The van der Waals surface area contributed by atoms with E-state index in [1.54, 1.807) is 0 Å². The maximum atomic E-state index is 10.4. The van der Waals surface area contributed by atoms with Crippen molar-refractivity contribution in [1.82, 2.24) is 10.1 Å². The molecule has 1 aromatic rings. The van der Waals surface area contributed by atoms with Crippen molar-refractivity contribution < 1.29 is 14.4 Å². The fourth-order valence-corrected chi connectivity index (χ4v) is 1.35. The number of hydrogen-bond donors (Lipinski definition) is 1. The first kappa shape index (κ1) is 8.03. The smallest absolute Gasteiger partial charge is 0.394 e. The van der Waals surface area contributed by atoms with Crippen LogP contribution in [0.3, 0.4) is 0 Å². The Morgan fingerprint density at radius 2 is 2.15 bits per heavy atom. The number of rotatable bonds is 2. The van der Waals surface area contributed by atoms with E-state index in [4.69, 9.17) is 5.11 Å². The summed E-state index contributed by atoms with van der Waals surface area (Å²) in [5.41, 5.74) is 0. The highest BCUT2D eigenvalue weighted by atomic mass is 16.5. The molecule has 0 aromatic carbocycles. The minimum Gasteiger partial charge on any atom is -0.474 e. The third kappa shape index (κ3) is 1.47. The Morgan fingerprint density at radius 3 is 2.69 bits per heavy atom. The average Bonchev–Trinajstić information content (AvgIpc) is 2.75. The number of carboxylic acids is 1. The third-order valence-corrected chi connectivity index (χ3v) is 1.99. The van der Waals surface area contributed by atoms with Gasteiger partial charge in [-0.3, -0.25) is 0 Å². The molecule has 6 heteroatoms. The average molecular weight is 183 g/mol. The van der Waals surface area contributed by atoms with E-state index in [-0.39, 0.29) is 5.89 Å². The SMILES string of the molecule is O=C(O)c1nc(N2CCCC2)no1. The Bertz CT molecular complexity index is 317. The van der Waals surface area contributed by atoms with Crippen LogP contribution in [0.25, 0.3) is 0 Å². The molecule has 0 saturated carbocycles. The van der Waals surface area contributed by atoms with Gasteiger partial charge < -0.3 is 14.5 Å². The molecule has 13 heavy (non-hydrogen) atoms. The second-order valence-electron chi connectivity index (χ2n) is 2.90. The predicted molar refractivity (Wildman–Crippen MR) is 42.7 cm³/mol. The molecule has 1 aliphatic heterocycles. The zero-order chi connectivity index (χ0) is 9.26. The standard InChI is InChI=1S/C7H9N3O3/c11-6(12)5-8-7(9-13-5)10-3-1-2-4-10/h1-4H2,(H,11,12). The van der Waals surface area contributed by atoms with Crippen molar-refractivity contribution in [2.45, 2.75) is 12.8 Å². The van der Waals surface area contributed by atoms with Gasteiger partial charge in [-0.25, -0.2) is 4.79 Å². The normalized spacial score (nSPS) is 16.5. The van der Waals surface area contributed by atoms with Crippen molar-refractivity contribution in [3.8, 4) is 0 Å². The highest BCUT2D eigenvalue weighted by Crippen LogP contribution is 2.15. The van der Waals surface area contributed by atoms with Gasteiger partial charge in [0, 0.05) is 13.1 Å². The monoisotopic (exact) mass is 183 g/mol. The largest absolute Gasteiger partial charge is 0.474 e. The maximum absolute atomic E-state index is 10.4. The minimum atomic E-state index is -1.18. The van der Waals surface area contributed by atoms with Gasteiger partial charge in [-0.1, -0.05) is 0 Å². The van der Waals surface area contributed by atoms with E-state index in [2.05, 4.69) is 14.7 Å². The van der Waals surface area contributed by atoms with Gasteiger partial charge in [0.25, 0.3) is 5.95 Å². The molecule has 0 bridgehead atoms. The summed E-state index contributed by atoms with van der Waals surface area (Å²) in [5.74, 6) is -1.14. The molecular formula is C7H9N3O3. The molecule has 1 N–H and O–H groups in total. The van der Waals surface area contributed by atoms with Crippen LogP contribution in [0.5, 0.6) is 0 Å². The molecule has 70 valence electrons. The van der Waals surface area contributed by atoms with E-state index < -0.39 is 5.97 Å². The summed E-state index contributed by atoms with van der Waals surface area (Å²) in [6.45, 7) is 1.75. The zero-order valence-electron chi connectivity index (χ0n) is 6.93. The molecule has 0 atom stereocenters. The number of carbonyl (C=O) groups is 1. The summed E-state index contributed by atoms with van der Waals surface area (Å²) in [7, 11) is 0. The number of carboxylic acid groups (broad SMARTS) is 1. The van der Waals surface area contributed by atoms with Crippen LogP contribution in [0.4, 0.5) is 5.95 Å². The number of anilines is 1. The van der Waals surface area contributed by atoms with Crippen molar-refractivity contribution >= 4 is 11.9 Å². The molecule has 0 aliphatic carbocycles. The van der Waals surface area contributed by atoms with Crippen molar-refractivity contribution in [2.75, 3.05) is 18.0 Å². The second-order valence-corrected chi connectivity index (χ2v) is 2.90. The van der Waals surface area contributed by atoms with Gasteiger partial charge in [0.15, 0.2) is 0 Å². The zero-order valence-corrected chi connectivity index (χ0v) is 6.93. The quantitative estimate of drug-likeness (QED) is 0.713. The summed E-state index contributed by atoms with van der Waals surface area (Å²) in [5, 5.41) is 12.1. The van der Waals surface area contributed by atoms with Crippen molar-refractivity contribution in [2.24, 2.45) is 0 Å². The molecule has 0 unspecified atom stereocenters. The van der Waals surface area contributed by atoms with Crippen LogP contribution < -0.4 is 4.90 Å². The Morgan fingerprint density at radius 1 is 1.46 bits per heavy atom. The Labute approximate surface area is 74.2 Å². The van der Waals surface area contributed by atoms with E-state index in [0.29, 0.717) is 5.95 Å². The summed E-state index contributed by atoms with van der Waals surface area (Å²) >= 11 is 0. The molecule has 1 aliphatic rings. The molecular weight excluding hydrogens is 174 g/mol. The van der Waals surface area contributed by atoms with E-state index >= 15 is 0 Å². The van der Waals surface area contributed by atoms with Crippen LogP contribution in [0.1, 0.15) is 23.5 Å². The number of aromatic nitrogens is 2. The number of aromatic carboxylic acids is 1. The van der Waals surface area contributed by atoms with E-state index in [1.165, 1.54) is 0 Å². The van der Waals surface area contributed by atoms with Gasteiger partial charge in [-0.05, 0) is 18.0 Å². The molecule has 6 nitrogen and oxygen atoms in total. The molecule has 2 heterocycles. The van der Waals surface area contributed by atoms with Crippen LogP contribution in [0.15, 0.2) is 4.52 Å². The van der Waals surface area contributed by atoms with Gasteiger partial charge >= 0.3 is 11.9 Å². The molecule has 2 rings (SSSR count). The summed E-state index contributed by atoms with van der Waals surface area (Å²) in [6.07, 6.45) is 2.19. The lowest BCUT2D eigenvalue weighted by Crippen LogP contribution is -2.19. The molecule has 0 spiro atoms. The number of nitrogens with zero attached hydrogens (tertiary/aromatic N) is 3. The lowest BCUT2D eigenvalue weighted by Gasteiger charge is -2.09. The fraction of sp³-hybridized carbons (Fsp3) is 0.571. The van der Waals surface area contributed by atoms with Gasteiger partial charge in [-0.2, -0.15) is 4.98 Å². The van der Waals surface area contributed by atoms with Crippen molar-refractivity contribution in [3.63, 3.8) is 0 Å². The topological polar surface area (TPSA) is 79.5 Å². The van der Waals surface area contributed by atoms with Gasteiger partial charge in [0.2, 0.25) is 0 Å². The lowest BCUT2D eigenvalue weighted by molar-refractivity contribution is 0.0643. The molecule has 1 aromatic heterocycles. The molecule has 0 radical (unpaired) electrons. The van der Waals surface area contributed by atoms with Crippen molar-refractivity contribution in [1.29, 1.82) is 0 Å². The van der Waals surface area contributed by atoms with E-state index in [1.807, 2.05) is 4.90 Å². The van der Waals surface area contributed by atoms with Crippen LogP contribution in [-0.4, -0.2) is 34.3 Å². The van der Waals surface area contributed by atoms with E-state index in [9.17, 15) is 4.79 Å². The van der Waals surface area contributed by atoms with Crippen LogP contribution in [0.2, 0.25) is 0 Å². The Balaban J connectivity index is 2.16. The van der Waals surface area contributed by atoms with Crippen LogP contribution in [-0.2, 0) is 0 Å². The Kier molecular flexibility index (Phi) is 1.88. The van der Waals surface area contributed by atoms with Gasteiger partial charge in [0.05, 0.1) is 0 Å². The highest BCUT2D eigenvalue weighted by Gasteiger charge is 2.20. The Hall–Kier alpha value is -1.59. The minimum absolute atomic E-state index is 0.345. The van der Waals surface area contributed by atoms with Gasteiger partial charge in [-0.15, -0.1) is 0 Å². The summed E-state index contributed by atoms with van der Waals surface area (Å²) < 4.78 is 4.54. The highest BCUT2D eigenvalue weighted by molar-refractivity contribution is 5.82. The summed E-state index contributed by atoms with van der Waals surface area (Å²) in [4.78, 5) is 16.1. The first-order valence-corrected chi connectivity index (χ1v) is 4.09. The first-order chi connectivity index (χ1) is 6.27. The molecule has 1 saturated heterocycles. The molecule has 0 amide bonds. The van der Waals surface area contributed by atoms with Crippen LogP contribution >= 0.6 is 0 Å². The molecule has 1 fully saturated rings. The summed E-state index contributed by atoms with van der Waals surface area (Å²) in [6, 6.07) is 0. The predicted octanol–water partition coefficient (Wildman–Crippen LogP) is 0.368. The van der Waals surface area contributed by atoms with Gasteiger partial charge in [0.1, 0.15) is 0 Å². The lowest BCUT2D eigenvalue weighted by atomic mass is 10.4. The number of hydrogen-bond acceptors (Lipinski definition) is 5. The van der Waals surface area contributed by atoms with Crippen molar-refractivity contribution in [3.05, 3.63) is 5.89 Å². The third-order valence-electron chi connectivity index (χ3n) is 1.99. The maximum Gasteiger partial charge on any atom is 0.394 e. The van der Waals surface area contributed by atoms with Crippen LogP contribution in [0, 0.1) is 0 Å². The fourth-order valence-electron chi connectivity index (χ4n) is 1.35. The first-order valence-electron chi connectivity index (χ1n) is 4.09. The second kappa shape index (κ2) is 3.04.